The fourth-order valence-corrected chi connectivity index (χ4v) is 3.08. The van der Waals surface area contributed by atoms with Crippen LogP contribution < -0.4 is 10.1 Å². The van der Waals surface area contributed by atoms with Gasteiger partial charge in [0.25, 0.3) is 5.91 Å². The average molecular weight is 321 g/mol. The summed E-state index contributed by atoms with van der Waals surface area (Å²) in [6, 6.07) is 17.5. The van der Waals surface area contributed by atoms with Gasteiger partial charge in [0.1, 0.15) is 0 Å². The second-order valence-corrected chi connectivity index (χ2v) is 6.19. The third kappa shape index (κ3) is 2.75. The Morgan fingerprint density at radius 1 is 1.17 bits per heavy atom. The Bertz CT molecular complexity index is 865. The first kappa shape index (κ1) is 14.8. The number of ether oxygens (including phenoxy) is 1. The van der Waals surface area contributed by atoms with Crippen molar-refractivity contribution in [1.29, 1.82) is 0 Å². The summed E-state index contributed by atoms with van der Waals surface area (Å²) in [6.45, 7) is 0. The van der Waals surface area contributed by atoms with Crippen LogP contribution in [0.1, 0.15) is 35.0 Å². The van der Waals surface area contributed by atoms with Gasteiger partial charge in [0.2, 0.25) is 0 Å². The molecule has 4 nitrogen and oxygen atoms in total. The summed E-state index contributed by atoms with van der Waals surface area (Å²) >= 11 is 0. The van der Waals surface area contributed by atoms with Crippen molar-refractivity contribution >= 4 is 16.9 Å². The molecule has 1 heterocycles. The SMILES string of the molecule is COc1cccc2cc(C(=O)NC(c3ccccc3)C3CC3)oc12. The molecule has 122 valence electrons. The minimum Gasteiger partial charge on any atom is -0.493 e. The van der Waals surface area contributed by atoms with Gasteiger partial charge in [-0.05, 0) is 36.5 Å². The Balaban J connectivity index is 1.61. The van der Waals surface area contributed by atoms with E-state index in [1.54, 1.807) is 13.2 Å². The van der Waals surface area contributed by atoms with Gasteiger partial charge in [-0.25, -0.2) is 0 Å². The number of para-hydroxylation sites is 1. The van der Waals surface area contributed by atoms with Crippen LogP contribution in [0.3, 0.4) is 0 Å². The van der Waals surface area contributed by atoms with Crippen LogP contribution in [0.5, 0.6) is 5.75 Å². The Morgan fingerprint density at radius 3 is 2.67 bits per heavy atom. The van der Waals surface area contributed by atoms with E-state index in [4.69, 9.17) is 9.15 Å². The van der Waals surface area contributed by atoms with Gasteiger partial charge >= 0.3 is 0 Å². The summed E-state index contributed by atoms with van der Waals surface area (Å²) < 4.78 is 11.0. The van der Waals surface area contributed by atoms with Gasteiger partial charge in [-0.3, -0.25) is 4.79 Å². The van der Waals surface area contributed by atoms with Crippen molar-refractivity contribution in [3.8, 4) is 5.75 Å². The van der Waals surface area contributed by atoms with Crippen molar-refractivity contribution in [3.05, 3.63) is 65.9 Å². The molecule has 1 unspecified atom stereocenters. The second-order valence-electron chi connectivity index (χ2n) is 6.19. The molecule has 2 aromatic carbocycles. The number of amides is 1. The molecule has 1 fully saturated rings. The van der Waals surface area contributed by atoms with E-state index in [0.29, 0.717) is 23.0 Å². The van der Waals surface area contributed by atoms with Crippen LogP contribution in [0.15, 0.2) is 59.0 Å². The van der Waals surface area contributed by atoms with E-state index in [1.807, 2.05) is 36.4 Å². The van der Waals surface area contributed by atoms with Crippen molar-refractivity contribution in [2.75, 3.05) is 7.11 Å². The van der Waals surface area contributed by atoms with Crippen LogP contribution in [0.4, 0.5) is 0 Å². The van der Waals surface area contributed by atoms with E-state index in [2.05, 4.69) is 17.4 Å². The fourth-order valence-electron chi connectivity index (χ4n) is 3.08. The van der Waals surface area contributed by atoms with Gasteiger partial charge in [0.15, 0.2) is 17.1 Å². The summed E-state index contributed by atoms with van der Waals surface area (Å²) in [6.07, 6.45) is 2.29. The van der Waals surface area contributed by atoms with Crippen molar-refractivity contribution in [2.24, 2.45) is 5.92 Å². The largest absolute Gasteiger partial charge is 0.493 e. The molecule has 1 aliphatic carbocycles. The molecule has 4 heteroatoms. The lowest BCUT2D eigenvalue weighted by molar-refractivity contribution is 0.0905. The summed E-state index contributed by atoms with van der Waals surface area (Å²) in [5.74, 6) is 1.27. The predicted molar refractivity (Wildman–Crippen MR) is 92.1 cm³/mol. The van der Waals surface area contributed by atoms with E-state index < -0.39 is 0 Å². The van der Waals surface area contributed by atoms with E-state index in [-0.39, 0.29) is 11.9 Å². The number of hydrogen-bond donors (Lipinski definition) is 1. The van der Waals surface area contributed by atoms with Crippen molar-refractivity contribution in [2.45, 2.75) is 18.9 Å². The molecule has 3 aromatic rings. The molecule has 0 aliphatic heterocycles. The molecule has 0 saturated heterocycles. The number of benzene rings is 2. The molecule has 4 rings (SSSR count). The molecular formula is C20H19NO3. The highest BCUT2D eigenvalue weighted by molar-refractivity contribution is 5.97. The van der Waals surface area contributed by atoms with Gasteiger partial charge in [0, 0.05) is 5.39 Å². The number of fused-ring (bicyclic) bond motifs is 1. The van der Waals surface area contributed by atoms with E-state index >= 15 is 0 Å². The monoisotopic (exact) mass is 321 g/mol. The number of methoxy groups -OCH3 is 1. The van der Waals surface area contributed by atoms with Crippen LogP contribution in [0.25, 0.3) is 11.0 Å². The van der Waals surface area contributed by atoms with Crippen LogP contribution in [0.2, 0.25) is 0 Å². The van der Waals surface area contributed by atoms with E-state index in [0.717, 1.165) is 23.8 Å². The predicted octanol–water partition coefficient (Wildman–Crippen LogP) is 4.32. The molecule has 1 aliphatic rings. The lowest BCUT2D eigenvalue weighted by Crippen LogP contribution is -2.29. The fraction of sp³-hybridized carbons (Fsp3) is 0.250. The molecule has 0 bridgehead atoms. The Hall–Kier alpha value is -2.75. The van der Waals surface area contributed by atoms with E-state index in [1.165, 1.54) is 0 Å². The highest BCUT2D eigenvalue weighted by Crippen LogP contribution is 2.41. The second kappa shape index (κ2) is 6.04. The van der Waals surface area contributed by atoms with Gasteiger partial charge in [-0.1, -0.05) is 42.5 Å². The molecule has 1 amide bonds. The van der Waals surface area contributed by atoms with E-state index in [9.17, 15) is 4.79 Å². The Morgan fingerprint density at radius 2 is 1.96 bits per heavy atom. The zero-order valence-electron chi connectivity index (χ0n) is 13.5. The molecule has 0 radical (unpaired) electrons. The first-order chi connectivity index (χ1) is 11.8. The molecule has 0 spiro atoms. The Labute approximate surface area is 140 Å². The minimum absolute atomic E-state index is 0.0359. The first-order valence-corrected chi connectivity index (χ1v) is 8.18. The summed E-state index contributed by atoms with van der Waals surface area (Å²) in [4.78, 5) is 12.7. The van der Waals surface area contributed by atoms with Crippen LogP contribution in [0, 0.1) is 5.92 Å². The smallest absolute Gasteiger partial charge is 0.287 e. The normalized spacial score (nSPS) is 15.2. The highest BCUT2D eigenvalue weighted by Gasteiger charge is 2.34. The summed E-state index contributed by atoms with van der Waals surface area (Å²) in [7, 11) is 1.59. The quantitative estimate of drug-likeness (QED) is 0.761. The number of hydrogen-bond acceptors (Lipinski definition) is 3. The van der Waals surface area contributed by atoms with Crippen molar-refractivity contribution < 1.29 is 13.9 Å². The van der Waals surface area contributed by atoms with Gasteiger partial charge in [-0.2, -0.15) is 0 Å². The van der Waals surface area contributed by atoms with Crippen LogP contribution >= 0.6 is 0 Å². The molecule has 1 N–H and O–H groups in total. The average Bonchev–Trinajstić information content (AvgIpc) is 3.36. The summed E-state index contributed by atoms with van der Waals surface area (Å²) in [5, 5.41) is 4.00. The summed E-state index contributed by atoms with van der Waals surface area (Å²) in [5.41, 5.74) is 1.75. The number of furan rings is 1. The zero-order valence-corrected chi connectivity index (χ0v) is 13.5. The Kier molecular flexibility index (Phi) is 3.73. The minimum atomic E-state index is -0.186. The maximum absolute atomic E-state index is 12.7. The van der Waals surface area contributed by atoms with Crippen LogP contribution in [-0.2, 0) is 0 Å². The molecule has 1 atom stereocenters. The number of rotatable bonds is 5. The maximum atomic E-state index is 12.7. The first-order valence-electron chi connectivity index (χ1n) is 8.18. The lowest BCUT2D eigenvalue weighted by Gasteiger charge is -2.18. The zero-order chi connectivity index (χ0) is 16.5. The standard InChI is InChI=1S/C20H19NO3/c1-23-16-9-5-8-15-12-17(24-19(15)16)20(22)21-18(14-10-11-14)13-6-3-2-4-7-13/h2-9,12,14,18H,10-11H2,1H3,(H,21,22). The number of nitrogens with one attached hydrogen (secondary N) is 1. The topological polar surface area (TPSA) is 51.5 Å². The molecule has 1 saturated carbocycles. The number of carbonyl (C=O) groups is 1. The van der Waals surface area contributed by atoms with Gasteiger partial charge in [-0.15, -0.1) is 0 Å². The van der Waals surface area contributed by atoms with Crippen LogP contribution in [-0.4, -0.2) is 13.0 Å². The molecule has 24 heavy (non-hydrogen) atoms. The highest BCUT2D eigenvalue weighted by atomic mass is 16.5. The number of carbonyl (C=O) groups excluding carboxylic acids is 1. The third-order valence-electron chi connectivity index (χ3n) is 4.49. The third-order valence-corrected chi connectivity index (χ3v) is 4.49. The lowest BCUT2D eigenvalue weighted by atomic mass is 10.0. The van der Waals surface area contributed by atoms with Gasteiger partial charge in [0.05, 0.1) is 13.2 Å². The van der Waals surface area contributed by atoms with Crippen molar-refractivity contribution in [3.63, 3.8) is 0 Å². The maximum Gasteiger partial charge on any atom is 0.287 e. The molecule has 1 aromatic heterocycles. The molecular weight excluding hydrogens is 302 g/mol. The van der Waals surface area contributed by atoms with Crippen molar-refractivity contribution in [1.82, 2.24) is 5.32 Å². The van der Waals surface area contributed by atoms with Gasteiger partial charge < -0.3 is 14.5 Å².